The van der Waals surface area contributed by atoms with Crippen LogP contribution in [-0.4, -0.2) is 12.4 Å². The highest BCUT2D eigenvalue weighted by Gasteiger charge is 2.60. The Morgan fingerprint density at radius 1 is 0.950 bits per heavy atom. The summed E-state index contributed by atoms with van der Waals surface area (Å²) in [5.74, 6) is 7.21. The van der Waals surface area contributed by atoms with Gasteiger partial charge in [0.15, 0.2) is 0 Å². The molecular formula is C38H60O2. The van der Waals surface area contributed by atoms with Gasteiger partial charge < -0.3 is 4.74 Å². The lowest BCUT2D eigenvalue weighted by molar-refractivity contribution is -0.141. The fourth-order valence-corrected chi connectivity index (χ4v) is 10.9. The molecular weight excluding hydrogens is 488 g/mol. The average molecular weight is 549 g/mol. The molecule has 8 atom stereocenters. The fraction of sp³-hybridized carbons (Fsp3) is 0.816. The summed E-state index contributed by atoms with van der Waals surface area (Å²) in [4.78, 5) is 12.3. The maximum atomic E-state index is 12.3. The Hall–Kier alpha value is -1.31. The van der Waals surface area contributed by atoms with Gasteiger partial charge >= 0.3 is 0 Å². The zero-order valence-electron chi connectivity index (χ0n) is 26.7. The van der Waals surface area contributed by atoms with E-state index in [2.05, 4.69) is 58.9 Å². The first-order valence-corrected chi connectivity index (χ1v) is 17.6. The quantitative estimate of drug-likeness (QED) is 0.260. The van der Waals surface area contributed by atoms with Gasteiger partial charge in [0.25, 0.3) is 0 Å². The summed E-state index contributed by atoms with van der Waals surface area (Å²) < 4.78 is 6.61. The number of ketones is 1. The molecule has 1 aromatic rings. The van der Waals surface area contributed by atoms with Crippen molar-refractivity contribution in [1.29, 1.82) is 0 Å². The third-order valence-corrected chi connectivity index (χ3v) is 13.5. The standard InChI is InChI=1S/C38H60O2/c1-6-10-29(15-14-28(7-2)8-3)30-11-9-12-33(25-30)40-24-23-38-22-20-35-34(36(38)18-13-27(38)4)17-16-31-26-32(39)19-21-37(31,35)5/h9,11-12,25,27-29,31,34-36H,6-8,10,13-24,26H2,1-5H3/t27-,29+,31?,34?,35?,36?,37-,38-/m0/s1. The van der Waals surface area contributed by atoms with E-state index in [9.17, 15) is 4.79 Å². The van der Waals surface area contributed by atoms with Crippen LogP contribution in [0.15, 0.2) is 24.3 Å². The molecule has 4 saturated carbocycles. The molecule has 4 aliphatic carbocycles. The summed E-state index contributed by atoms with van der Waals surface area (Å²) in [5.41, 5.74) is 2.37. The number of Topliss-reactive ketones (excluding diaryl/α,β-unsaturated/α-hetero) is 1. The first-order valence-electron chi connectivity index (χ1n) is 17.6. The Kier molecular flexibility index (Phi) is 9.73. The average Bonchev–Trinajstić information content (AvgIpc) is 3.29. The van der Waals surface area contributed by atoms with Gasteiger partial charge in [0.05, 0.1) is 6.61 Å². The molecule has 0 N–H and O–H groups in total. The van der Waals surface area contributed by atoms with Crippen molar-refractivity contribution in [1.82, 2.24) is 0 Å². The van der Waals surface area contributed by atoms with Crippen LogP contribution in [0.2, 0.25) is 0 Å². The number of carbonyl (C=O) groups excluding carboxylic acids is 1. The first-order chi connectivity index (χ1) is 19.3. The smallest absolute Gasteiger partial charge is 0.133 e. The minimum atomic E-state index is 0.412. The third-order valence-electron chi connectivity index (χ3n) is 13.5. The van der Waals surface area contributed by atoms with Gasteiger partial charge in [-0.15, -0.1) is 0 Å². The molecule has 0 saturated heterocycles. The van der Waals surface area contributed by atoms with E-state index in [1.807, 2.05) is 0 Å². The second-order valence-corrected chi connectivity index (χ2v) is 15.1. The van der Waals surface area contributed by atoms with Crippen molar-refractivity contribution in [3.63, 3.8) is 0 Å². The Bertz CT molecular complexity index is 979. The van der Waals surface area contributed by atoms with Gasteiger partial charge in [-0.05, 0) is 141 Å². The molecule has 0 aliphatic heterocycles. The summed E-state index contributed by atoms with van der Waals surface area (Å²) >= 11 is 0. The van der Waals surface area contributed by atoms with Gasteiger partial charge in [0, 0.05) is 12.8 Å². The number of ether oxygens (including phenoxy) is 1. The summed E-state index contributed by atoms with van der Waals surface area (Å²) in [7, 11) is 0. The lowest BCUT2D eigenvalue weighted by Gasteiger charge is -2.60. The second kappa shape index (κ2) is 12.9. The maximum absolute atomic E-state index is 12.3. The number of hydrogen-bond donors (Lipinski definition) is 0. The monoisotopic (exact) mass is 548 g/mol. The molecule has 40 heavy (non-hydrogen) atoms. The maximum Gasteiger partial charge on any atom is 0.133 e. The van der Waals surface area contributed by atoms with Gasteiger partial charge in [0.2, 0.25) is 0 Å². The van der Waals surface area contributed by atoms with Crippen LogP contribution in [0.25, 0.3) is 0 Å². The van der Waals surface area contributed by atoms with Crippen LogP contribution in [0.1, 0.15) is 149 Å². The highest BCUT2D eigenvalue weighted by molar-refractivity contribution is 5.79. The van der Waals surface area contributed by atoms with Crippen LogP contribution in [0.4, 0.5) is 0 Å². The minimum absolute atomic E-state index is 0.412. The molecule has 4 unspecified atom stereocenters. The molecule has 0 aromatic heterocycles. The summed E-state index contributed by atoms with van der Waals surface area (Å²) in [6, 6.07) is 9.17. The highest BCUT2D eigenvalue weighted by atomic mass is 16.5. The molecule has 0 spiro atoms. The van der Waals surface area contributed by atoms with E-state index >= 15 is 0 Å². The third kappa shape index (κ3) is 5.81. The lowest BCUT2D eigenvalue weighted by atomic mass is 9.44. The van der Waals surface area contributed by atoms with E-state index in [4.69, 9.17) is 4.74 Å². The first kappa shape index (κ1) is 30.2. The molecule has 2 heteroatoms. The van der Waals surface area contributed by atoms with E-state index in [0.29, 0.717) is 28.4 Å². The van der Waals surface area contributed by atoms with Gasteiger partial charge in [-0.25, -0.2) is 0 Å². The van der Waals surface area contributed by atoms with Crippen LogP contribution >= 0.6 is 0 Å². The van der Waals surface area contributed by atoms with Crippen molar-refractivity contribution in [2.24, 2.45) is 46.3 Å². The molecule has 0 bridgehead atoms. The summed E-state index contributed by atoms with van der Waals surface area (Å²) in [6.45, 7) is 13.0. The van der Waals surface area contributed by atoms with E-state index in [1.165, 1.54) is 89.0 Å². The van der Waals surface area contributed by atoms with Gasteiger partial charge in [0.1, 0.15) is 11.5 Å². The molecule has 0 amide bonds. The van der Waals surface area contributed by atoms with Crippen LogP contribution in [0.5, 0.6) is 5.75 Å². The topological polar surface area (TPSA) is 26.3 Å². The Morgan fingerprint density at radius 2 is 1.77 bits per heavy atom. The van der Waals surface area contributed by atoms with Crippen molar-refractivity contribution in [3.8, 4) is 5.75 Å². The van der Waals surface area contributed by atoms with Crippen LogP contribution < -0.4 is 4.74 Å². The van der Waals surface area contributed by atoms with Crippen LogP contribution in [0.3, 0.4) is 0 Å². The number of carbonyl (C=O) groups is 1. The fourth-order valence-electron chi connectivity index (χ4n) is 10.9. The van der Waals surface area contributed by atoms with Gasteiger partial charge in [-0.1, -0.05) is 66.0 Å². The molecule has 2 nitrogen and oxygen atoms in total. The lowest BCUT2D eigenvalue weighted by Crippen LogP contribution is -2.54. The van der Waals surface area contributed by atoms with E-state index in [0.717, 1.165) is 61.2 Å². The zero-order valence-corrected chi connectivity index (χ0v) is 26.7. The van der Waals surface area contributed by atoms with E-state index < -0.39 is 0 Å². The number of rotatable bonds is 12. The highest BCUT2D eigenvalue weighted by Crippen LogP contribution is 2.68. The van der Waals surface area contributed by atoms with Crippen molar-refractivity contribution in [2.75, 3.05) is 6.61 Å². The Labute approximate surface area is 246 Å². The van der Waals surface area contributed by atoms with Crippen molar-refractivity contribution in [2.45, 2.75) is 143 Å². The number of benzene rings is 1. The summed E-state index contributed by atoms with van der Waals surface area (Å²) in [6.07, 6.45) is 20.1. The second-order valence-electron chi connectivity index (χ2n) is 15.1. The van der Waals surface area contributed by atoms with Gasteiger partial charge in [-0.2, -0.15) is 0 Å². The predicted octanol–water partition coefficient (Wildman–Crippen LogP) is 10.8. The molecule has 1 aromatic carbocycles. The largest absolute Gasteiger partial charge is 0.494 e. The molecule has 5 rings (SSSR count). The normalized spacial score (nSPS) is 36.1. The predicted molar refractivity (Wildman–Crippen MR) is 168 cm³/mol. The molecule has 4 aliphatic rings. The molecule has 4 fully saturated rings. The van der Waals surface area contributed by atoms with Crippen molar-refractivity contribution in [3.05, 3.63) is 29.8 Å². The molecule has 224 valence electrons. The van der Waals surface area contributed by atoms with Gasteiger partial charge in [-0.3, -0.25) is 4.79 Å². The Balaban J connectivity index is 1.23. The molecule has 0 radical (unpaired) electrons. The number of hydrogen-bond acceptors (Lipinski definition) is 2. The number of fused-ring (bicyclic) bond motifs is 5. The minimum Gasteiger partial charge on any atom is -0.494 e. The summed E-state index contributed by atoms with van der Waals surface area (Å²) in [5, 5.41) is 0. The van der Waals surface area contributed by atoms with Crippen molar-refractivity contribution < 1.29 is 9.53 Å². The van der Waals surface area contributed by atoms with Crippen molar-refractivity contribution >= 4 is 5.78 Å². The zero-order chi connectivity index (χ0) is 28.3. The van der Waals surface area contributed by atoms with Crippen LogP contribution in [0, 0.1) is 46.3 Å². The Morgan fingerprint density at radius 3 is 2.55 bits per heavy atom. The van der Waals surface area contributed by atoms with Crippen LogP contribution in [-0.2, 0) is 4.79 Å². The SMILES string of the molecule is CCC[C@H](CCC(CC)CC)c1cccc(OCC[C@]23CCC4C(CCC5CC(=O)CC[C@@]54C)C2CC[C@@H]3C)c1. The van der Waals surface area contributed by atoms with E-state index in [-0.39, 0.29) is 0 Å². The molecule has 0 heterocycles. The van der Waals surface area contributed by atoms with E-state index in [1.54, 1.807) is 0 Å².